The van der Waals surface area contributed by atoms with Crippen LogP contribution in [0, 0.1) is 12.3 Å². The predicted octanol–water partition coefficient (Wildman–Crippen LogP) is 4.47. The molecule has 1 unspecified atom stereocenters. The molecule has 0 bridgehead atoms. The molecule has 2 heterocycles. The van der Waals surface area contributed by atoms with Crippen LogP contribution in [0.15, 0.2) is 48.5 Å². The van der Waals surface area contributed by atoms with Gasteiger partial charge in [0.15, 0.2) is 0 Å². The van der Waals surface area contributed by atoms with Crippen LogP contribution < -0.4 is 15.2 Å². The molecule has 172 valence electrons. The van der Waals surface area contributed by atoms with Crippen LogP contribution in [0.25, 0.3) is 10.9 Å². The number of pyridine rings is 1. The molecule has 2 N–H and O–H groups in total. The first-order valence-corrected chi connectivity index (χ1v) is 10.8. The van der Waals surface area contributed by atoms with Gasteiger partial charge in [0.25, 0.3) is 0 Å². The minimum Gasteiger partial charge on any atom is -0.493 e. The van der Waals surface area contributed by atoms with E-state index in [1.807, 2.05) is 63.2 Å². The van der Waals surface area contributed by atoms with E-state index in [4.69, 9.17) is 24.8 Å². The van der Waals surface area contributed by atoms with Gasteiger partial charge in [-0.05, 0) is 62.9 Å². The summed E-state index contributed by atoms with van der Waals surface area (Å²) in [4.78, 5) is 34.0. The number of carbonyl (C=O) groups is 1. The van der Waals surface area contributed by atoms with E-state index in [1.54, 1.807) is 0 Å². The van der Waals surface area contributed by atoms with Gasteiger partial charge in [-0.2, -0.15) is 9.59 Å². The number of ketones is 1. The number of para-hydroxylation sites is 1. The van der Waals surface area contributed by atoms with E-state index in [9.17, 15) is 4.79 Å². The molecule has 0 spiro atoms. The molecule has 4 rings (SSSR count). The van der Waals surface area contributed by atoms with Crippen molar-refractivity contribution in [1.82, 2.24) is 4.98 Å². The van der Waals surface area contributed by atoms with Crippen LogP contribution in [0.3, 0.4) is 0 Å². The van der Waals surface area contributed by atoms with Gasteiger partial charge in [0.1, 0.15) is 23.9 Å². The van der Waals surface area contributed by atoms with Gasteiger partial charge in [-0.15, -0.1) is 0 Å². The Kier molecular flexibility index (Phi) is 7.46. The average molecular weight is 449 g/mol. The van der Waals surface area contributed by atoms with Gasteiger partial charge in [0.05, 0.1) is 22.9 Å². The number of aryl methyl sites for hydroxylation is 1. The summed E-state index contributed by atoms with van der Waals surface area (Å²) in [6.07, 6.45) is 1.58. The maximum atomic E-state index is 13.2. The van der Waals surface area contributed by atoms with Crippen molar-refractivity contribution >= 4 is 28.5 Å². The van der Waals surface area contributed by atoms with Gasteiger partial charge >= 0.3 is 6.15 Å². The predicted molar refractivity (Wildman–Crippen MR) is 124 cm³/mol. The van der Waals surface area contributed by atoms with E-state index >= 15 is 0 Å². The SMILES string of the molecule is Cc1cc(N)c2c(OCC(C)(C)C(=O)CC3CCOc4ccccc43)cccc2n1.O=C=O. The second-order valence-electron chi connectivity index (χ2n) is 8.76. The number of fused-ring (bicyclic) bond motifs is 2. The molecule has 33 heavy (non-hydrogen) atoms. The first-order valence-electron chi connectivity index (χ1n) is 10.8. The maximum Gasteiger partial charge on any atom is 0.373 e. The van der Waals surface area contributed by atoms with E-state index in [0.29, 0.717) is 24.5 Å². The Bertz CT molecular complexity index is 1180. The van der Waals surface area contributed by atoms with E-state index in [-0.39, 0.29) is 24.5 Å². The number of anilines is 1. The van der Waals surface area contributed by atoms with Gasteiger partial charge in [-0.1, -0.05) is 24.3 Å². The Labute approximate surface area is 192 Å². The third kappa shape index (κ3) is 5.57. The number of hydrogen-bond acceptors (Lipinski definition) is 7. The van der Waals surface area contributed by atoms with E-state index in [1.165, 1.54) is 0 Å². The fourth-order valence-electron chi connectivity index (χ4n) is 4.01. The summed E-state index contributed by atoms with van der Waals surface area (Å²) < 4.78 is 11.9. The number of carbonyl (C=O) groups excluding carboxylic acids is 3. The Morgan fingerprint density at radius 3 is 2.70 bits per heavy atom. The molecular formula is C26H28N2O5. The lowest BCUT2D eigenvalue weighted by molar-refractivity contribution is -0.191. The third-order valence-corrected chi connectivity index (χ3v) is 5.81. The van der Waals surface area contributed by atoms with Gasteiger partial charge < -0.3 is 15.2 Å². The number of hydrogen-bond donors (Lipinski definition) is 1. The number of ether oxygens (including phenoxy) is 2. The molecule has 0 aliphatic carbocycles. The number of rotatable bonds is 6. The van der Waals surface area contributed by atoms with Gasteiger partial charge in [0, 0.05) is 17.8 Å². The maximum absolute atomic E-state index is 13.2. The van der Waals surface area contributed by atoms with Crippen LogP contribution in [0.5, 0.6) is 11.5 Å². The van der Waals surface area contributed by atoms with Crippen molar-refractivity contribution in [3.8, 4) is 11.5 Å². The highest BCUT2D eigenvalue weighted by molar-refractivity contribution is 5.95. The monoisotopic (exact) mass is 448 g/mol. The van der Waals surface area contributed by atoms with Crippen molar-refractivity contribution in [2.24, 2.45) is 5.41 Å². The van der Waals surface area contributed by atoms with Crippen LogP contribution in [0.1, 0.15) is 43.9 Å². The van der Waals surface area contributed by atoms with Gasteiger partial charge in [-0.25, -0.2) is 0 Å². The lowest BCUT2D eigenvalue weighted by atomic mass is 9.80. The van der Waals surface area contributed by atoms with E-state index < -0.39 is 5.41 Å². The molecule has 3 aromatic rings. The number of aromatic nitrogens is 1. The third-order valence-electron chi connectivity index (χ3n) is 5.81. The molecule has 7 nitrogen and oxygen atoms in total. The second-order valence-corrected chi connectivity index (χ2v) is 8.76. The molecule has 1 aromatic heterocycles. The Balaban J connectivity index is 0.000000968. The Morgan fingerprint density at radius 2 is 1.94 bits per heavy atom. The highest BCUT2D eigenvalue weighted by Gasteiger charge is 2.33. The molecule has 2 aromatic carbocycles. The van der Waals surface area contributed by atoms with Gasteiger partial charge in [0.2, 0.25) is 0 Å². The van der Waals surface area contributed by atoms with Gasteiger partial charge in [-0.3, -0.25) is 9.78 Å². The summed E-state index contributed by atoms with van der Waals surface area (Å²) >= 11 is 0. The van der Waals surface area contributed by atoms with Crippen LogP contribution >= 0.6 is 0 Å². The Morgan fingerprint density at radius 1 is 1.21 bits per heavy atom. The fraction of sp³-hybridized carbons (Fsp3) is 0.346. The molecule has 0 amide bonds. The number of nitrogens with zero attached hydrogens (tertiary/aromatic N) is 1. The van der Waals surface area contributed by atoms with Crippen molar-refractivity contribution < 1.29 is 23.9 Å². The van der Waals surface area contributed by atoms with Crippen molar-refractivity contribution in [3.05, 3.63) is 59.8 Å². The Hall–Kier alpha value is -3.70. The molecule has 0 fully saturated rings. The number of nitrogens with two attached hydrogens (primary N) is 1. The summed E-state index contributed by atoms with van der Waals surface area (Å²) in [5, 5.41) is 0.796. The van der Waals surface area contributed by atoms with Crippen molar-refractivity contribution in [2.45, 2.75) is 39.5 Å². The first kappa shape index (κ1) is 24.0. The average Bonchev–Trinajstić information content (AvgIpc) is 2.78. The van der Waals surface area contributed by atoms with Crippen LogP contribution in [-0.4, -0.2) is 30.1 Å². The minimum absolute atomic E-state index is 0.183. The first-order chi connectivity index (χ1) is 15.8. The molecule has 1 aliphatic rings. The van der Waals surface area contributed by atoms with E-state index in [0.717, 1.165) is 34.3 Å². The molecule has 7 heteroatoms. The lowest BCUT2D eigenvalue weighted by Gasteiger charge is -2.29. The smallest absolute Gasteiger partial charge is 0.373 e. The topological polar surface area (TPSA) is 109 Å². The lowest BCUT2D eigenvalue weighted by Crippen LogP contribution is -2.33. The van der Waals surface area contributed by atoms with Crippen LogP contribution in [-0.2, 0) is 14.4 Å². The molecule has 0 radical (unpaired) electrons. The zero-order valence-electron chi connectivity index (χ0n) is 19.1. The zero-order chi connectivity index (χ0) is 24.0. The van der Waals surface area contributed by atoms with Crippen molar-refractivity contribution in [2.75, 3.05) is 18.9 Å². The standard InChI is InChI=1S/C25H28N2O3.CO2/c1-16-13-19(26)24-20(27-16)8-6-10-22(24)30-15-25(2,3)23(28)14-17-11-12-29-21-9-5-4-7-18(17)21;2-1-3/h4-10,13,17H,11-12,14-15H2,1-3H3,(H2,26,27);. The largest absolute Gasteiger partial charge is 0.493 e. The summed E-state index contributed by atoms with van der Waals surface area (Å²) in [6, 6.07) is 15.5. The molecule has 0 saturated carbocycles. The number of nitrogen functional groups attached to an aromatic ring is 1. The highest BCUT2D eigenvalue weighted by atomic mass is 16.5. The highest BCUT2D eigenvalue weighted by Crippen LogP contribution is 2.38. The second kappa shape index (κ2) is 10.3. The molecule has 1 aliphatic heterocycles. The van der Waals surface area contributed by atoms with Crippen molar-refractivity contribution in [1.29, 1.82) is 0 Å². The van der Waals surface area contributed by atoms with Crippen LogP contribution in [0.2, 0.25) is 0 Å². The van der Waals surface area contributed by atoms with Crippen molar-refractivity contribution in [3.63, 3.8) is 0 Å². The number of benzene rings is 2. The minimum atomic E-state index is -0.623. The normalized spacial score (nSPS) is 14.8. The fourth-order valence-corrected chi connectivity index (χ4v) is 4.01. The van der Waals surface area contributed by atoms with Crippen LogP contribution in [0.4, 0.5) is 5.69 Å². The molecule has 0 saturated heterocycles. The molecular weight excluding hydrogens is 420 g/mol. The van der Waals surface area contributed by atoms with E-state index in [2.05, 4.69) is 11.1 Å². The number of Topliss-reactive ketones (excluding diaryl/α,β-unsaturated/α-hetero) is 1. The summed E-state index contributed by atoms with van der Waals surface area (Å²) in [5.41, 5.74) is 9.03. The quantitative estimate of drug-likeness (QED) is 0.592. The molecule has 1 atom stereocenters. The summed E-state index contributed by atoms with van der Waals surface area (Å²) in [6.45, 7) is 6.73. The summed E-state index contributed by atoms with van der Waals surface area (Å²) in [5.74, 6) is 1.92. The zero-order valence-corrected chi connectivity index (χ0v) is 19.1. The summed E-state index contributed by atoms with van der Waals surface area (Å²) in [7, 11) is 0.